The minimum Gasteiger partial charge on any atom is -0.438 e. The first-order valence-corrected chi connectivity index (χ1v) is 13.2. The van der Waals surface area contributed by atoms with E-state index in [0.717, 1.165) is 11.4 Å². The number of amides is 1. The lowest BCUT2D eigenvalue weighted by Gasteiger charge is -2.20. The highest BCUT2D eigenvalue weighted by Crippen LogP contribution is 2.50. The summed E-state index contributed by atoms with van der Waals surface area (Å²) in [5, 5.41) is 10.5. The van der Waals surface area contributed by atoms with Crippen LogP contribution in [0.2, 0.25) is 0 Å². The third kappa shape index (κ3) is 12.4. The van der Waals surface area contributed by atoms with Crippen molar-refractivity contribution in [2.24, 2.45) is 10.8 Å². The summed E-state index contributed by atoms with van der Waals surface area (Å²) in [5.41, 5.74) is -0.515. The van der Waals surface area contributed by atoms with Crippen molar-refractivity contribution in [2.75, 3.05) is 20.1 Å². The first-order chi connectivity index (χ1) is 16.6. The van der Waals surface area contributed by atoms with Crippen molar-refractivity contribution in [2.45, 2.75) is 60.8 Å². The van der Waals surface area contributed by atoms with Gasteiger partial charge in [-0.15, -0.1) is 0 Å². The Morgan fingerprint density at radius 1 is 0.917 bits per heavy atom. The number of hydrogen-bond acceptors (Lipinski definition) is 9. The number of ether oxygens (including phenoxy) is 2. The van der Waals surface area contributed by atoms with Crippen molar-refractivity contribution in [1.29, 1.82) is 0 Å². The van der Waals surface area contributed by atoms with Gasteiger partial charge < -0.3 is 9.47 Å². The Bertz CT molecular complexity index is 897. The molecule has 0 unspecified atom stereocenters. The van der Waals surface area contributed by atoms with E-state index < -0.39 is 49.9 Å². The molecule has 0 saturated carbocycles. The fraction of sp³-hybridized carbons (Fsp3) is 0.560. The molecule has 0 aliphatic carbocycles. The van der Waals surface area contributed by atoms with Gasteiger partial charge in [0.25, 0.3) is 0 Å². The van der Waals surface area contributed by atoms with E-state index in [1.807, 2.05) is 30.3 Å². The van der Waals surface area contributed by atoms with Crippen LogP contribution in [0.4, 0.5) is 0 Å². The molecule has 202 valence electrons. The van der Waals surface area contributed by atoms with E-state index in [2.05, 4.69) is 0 Å². The molecule has 0 atom stereocenters. The quantitative estimate of drug-likeness (QED) is 0.123. The fourth-order valence-corrected chi connectivity index (χ4v) is 3.46. The van der Waals surface area contributed by atoms with Crippen LogP contribution in [0.15, 0.2) is 42.2 Å². The van der Waals surface area contributed by atoms with Crippen molar-refractivity contribution in [3.05, 3.63) is 47.8 Å². The Balaban J connectivity index is 2.67. The molecule has 0 spiro atoms. The molecule has 0 aliphatic heterocycles. The highest BCUT2D eigenvalue weighted by atomic mass is 31.2. The van der Waals surface area contributed by atoms with Gasteiger partial charge in [-0.05, 0) is 59.9 Å². The fourth-order valence-electron chi connectivity index (χ4n) is 2.46. The van der Waals surface area contributed by atoms with Crippen LogP contribution in [0.1, 0.15) is 59.9 Å². The normalized spacial score (nSPS) is 12.4. The van der Waals surface area contributed by atoms with Crippen LogP contribution in [-0.2, 0) is 43.9 Å². The Hall–Kier alpha value is -2.52. The Morgan fingerprint density at radius 2 is 1.42 bits per heavy atom. The van der Waals surface area contributed by atoms with Gasteiger partial charge in [-0.1, -0.05) is 36.4 Å². The van der Waals surface area contributed by atoms with Crippen LogP contribution < -0.4 is 0 Å². The zero-order valence-corrected chi connectivity index (χ0v) is 22.8. The summed E-state index contributed by atoms with van der Waals surface area (Å²) in [5.74, 6) is -0.673. The molecule has 0 radical (unpaired) electrons. The van der Waals surface area contributed by atoms with Crippen LogP contribution in [0.25, 0.3) is 0 Å². The summed E-state index contributed by atoms with van der Waals surface area (Å²) in [6.07, 6.45) is 2.57. The van der Waals surface area contributed by atoms with Crippen LogP contribution in [-0.4, -0.2) is 48.2 Å². The first kappa shape index (κ1) is 31.5. The lowest BCUT2D eigenvalue weighted by atomic mass is 9.98. The Kier molecular flexibility index (Phi) is 12.5. The lowest BCUT2D eigenvalue weighted by Crippen LogP contribution is -2.27. The number of aryl methyl sites for hydroxylation is 1. The standard InChI is InChI=1S/C25H38NO9P/c1-24(2,3)22(28)32-18-34-36(31,35-19-33-23(29)25(4,5)6)17-11-16-26(30)21(27)15-10-14-20-12-8-7-9-13-20/h7-9,11-13,17,30H,10,14-16,18-19H2,1-6H3/b17-11+. The first-order valence-electron chi connectivity index (χ1n) is 11.6. The van der Waals surface area contributed by atoms with Gasteiger partial charge in [-0.25, -0.2) is 5.06 Å². The number of esters is 2. The summed E-state index contributed by atoms with van der Waals surface area (Å²) in [6, 6.07) is 9.65. The molecule has 11 heteroatoms. The summed E-state index contributed by atoms with van der Waals surface area (Å²) >= 11 is 0. The maximum atomic E-state index is 13.1. The van der Waals surface area contributed by atoms with Gasteiger partial charge >= 0.3 is 19.5 Å². The molecular weight excluding hydrogens is 489 g/mol. The van der Waals surface area contributed by atoms with E-state index in [1.165, 1.54) is 6.08 Å². The third-order valence-corrected chi connectivity index (χ3v) is 6.13. The van der Waals surface area contributed by atoms with Gasteiger partial charge in [0, 0.05) is 12.2 Å². The molecule has 0 aliphatic rings. The van der Waals surface area contributed by atoms with Gasteiger partial charge in [-0.3, -0.25) is 33.2 Å². The van der Waals surface area contributed by atoms with Gasteiger partial charge in [-0.2, -0.15) is 0 Å². The van der Waals surface area contributed by atoms with Crippen molar-refractivity contribution in [3.8, 4) is 0 Å². The summed E-state index contributed by atoms with van der Waals surface area (Å²) in [6.45, 7) is 8.22. The SMILES string of the molecule is CC(C)(C)C(=O)OCOP(=O)(/C=C/CN(O)C(=O)CCCc1ccccc1)OCOC(=O)C(C)(C)C. The summed E-state index contributed by atoms with van der Waals surface area (Å²) < 4.78 is 33.3. The molecule has 1 aromatic rings. The molecule has 0 heterocycles. The van der Waals surface area contributed by atoms with Crippen LogP contribution in [0, 0.1) is 10.8 Å². The third-order valence-electron chi connectivity index (χ3n) is 4.62. The molecule has 1 amide bonds. The molecule has 0 bridgehead atoms. The minimum absolute atomic E-state index is 0.120. The van der Waals surface area contributed by atoms with Crippen LogP contribution in [0.3, 0.4) is 0 Å². The number of carbonyl (C=O) groups is 3. The van der Waals surface area contributed by atoms with E-state index in [4.69, 9.17) is 18.5 Å². The zero-order valence-electron chi connectivity index (χ0n) is 21.9. The smallest absolute Gasteiger partial charge is 0.359 e. The second kappa shape index (κ2) is 14.3. The molecule has 36 heavy (non-hydrogen) atoms. The highest BCUT2D eigenvalue weighted by Gasteiger charge is 2.28. The average molecular weight is 528 g/mol. The van der Waals surface area contributed by atoms with Gasteiger partial charge in [0.2, 0.25) is 19.5 Å². The predicted molar refractivity (Wildman–Crippen MR) is 133 cm³/mol. The number of benzene rings is 1. The maximum absolute atomic E-state index is 13.1. The van der Waals surface area contributed by atoms with Crippen LogP contribution >= 0.6 is 7.60 Å². The van der Waals surface area contributed by atoms with E-state index >= 15 is 0 Å². The number of rotatable bonds is 13. The molecule has 1 N–H and O–H groups in total. The van der Waals surface area contributed by atoms with Crippen LogP contribution in [0.5, 0.6) is 0 Å². The predicted octanol–water partition coefficient (Wildman–Crippen LogP) is 5.06. The Morgan fingerprint density at radius 3 is 1.89 bits per heavy atom. The highest BCUT2D eigenvalue weighted by molar-refractivity contribution is 7.57. The van der Waals surface area contributed by atoms with Crippen molar-refractivity contribution in [3.63, 3.8) is 0 Å². The number of nitrogens with zero attached hydrogens (tertiary/aromatic N) is 1. The van der Waals surface area contributed by atoms with E-state index in [-0.39, 0.29) is 13.0 Å². The topological polar surface area (TPSA) is 129 Å². The number of hydrogen-bond donors (Lipinski definition) is 1. The molecule has 10 nitrogen and oxygen atoms in total. The maximum Gasteiger partial charge on any atom is 0.359 e. The largest absolute Gasteiger partial charge is 0.438 e. The number of hydroxylamine groups is 2. The lowest BCUT2D eigenvalue weighted by molar-refractivity contribution is -0.163. The van der Waals surface area contributed by atoms with Gasteiger partial charge in [0.1, 0.15) is 0 Å². The summed E-state index contributed by atoms with van der Waals surface area (Å²) in [4.78, 5) is 36.0. The zero-order chi connectivity index (χ0) is 27.4. The van der Waals surface area contributed by atoms with Crippen molar-refractivity contribution >= 4 is 25.4 Å². The van der Waals surface area contributed by atoms with E-state index in [0.29, 0.717) is 17.9 Å². The van der Waals surface area contributed by atoms with Gasteiger partial charge in [0.05, 0.1) is 17.4 Å². The monoisotopic (exact) mass is 527 g/mol. The van der Waals surface area contributed by atoms with Crippen molar-refractivity contribution < 1.29 is 42.7 Å². The average Bonchev–Trinajstić information content (AvgIpc) is 2.78. The summed E-state index contributed by atoms with van der Waals surface area (Å²) in [7, 11) is -4.07. The second-order valence-electron chi connectivity index (χ2n) is 10.1. The molecule has 0 aromatic heterocycles. The molecule has 0 saturated heterocycles. The Labute approximate surface area is 213 Å². The minimum atomic E-state index is -4.07. The van der Waals surface area contributed by atoms with E-state index in [9.17, 15) is 24.2 Å². The van der Waals surface area contributed by atoms with Gasteiger partial charge in [0.15, 0.2) is 0 Å². The molecule has 0 fully saturated rings. The number of carbonyl (C=O) groups excluding carboxylic acids is 3. The molecular formula is C25H38NO9P. The van der Waals surface area contributed by atoms with E-state index in [1.54, 1.807) is 41.5 Å². The second-order valence-corrected chi connectivity index (χ2v) is 12.0. The molecule has 1 aromatic carbocycles. The molecule has 1 rings (SSSR count). The van der Waals surface area contributed by atoms with Crippen molar-refractivity contribution in [1.82, 2.24) is 5.06 Å².